The maximum absolute atomic E-state index is 13.6. The maximum Gasteiger partial charge on any atom is 0.163 e. The first-order chi connectivity index (χ1) is 8.24. The van der Waals surface area contributed by atoms with Gasteiger partial charge in [0.1, 0.15) is 6.10 Å². The molecular formula is C11H14F2N2O2. The number of halogens is 2. The summed E-state index contributed by atoms with van der Waals surface area (Å²) in [5, 5.41) is 0. The van der Waals surface area contributed by atoms with Crippen LogP contribution in [-0.4, -0.2) is 25.9 Å². The zero-order valence-corrected chi connectivity index (χ0v) is 9.16. The van der Waals surface area contributed by atoms with Gasteiger partial charge in [-0.05, 0) is 6.07 Å². The smallest absolute Gasteiger partial charge is 0.163 e. The first kappa shape index (κ1) is 12.4. The summed E-state index contributed by atoms with van der Waals surface area (Å²) in [7, 11) is 0. The van der Waals surface area contributed by atoms with Gasteiger partial charge in [-0.15, -0.1) is 0 Å². The van der Waals surface area contributed by atoms with E-state index >= 15 is 0 Å². The van der Waals surface area contributed by atoms with Crippen molar-refractivity contribution < 1.29 is 18.3 Å². The quantitative estimate of drug-likeness (QED) is 0.612. The van der Waals surface area contributed by atoms with Crippen molar-refractivity contribution in [1.82, 2.24) is 5.43 Å². The molecule has 17 heavy (non-hydrogen) atoms. The molecule has 1 aromatic carbocycles. The summed E-state index contributed by atoms with van der Waals surface area (Å²) in [4.78, 5) is 0. The summed E-state index contributed by atoms with van der Waals surface area (Å²) in [6.45, 7) is 1.21. The van der Waals surface area contributed by atoms with E-state index < -0.39 is 23.8 Å². The van der Waals surface area contributed by atoms with Crippen LogP contribution < -0.4 is 11.3 Å². The third kappa shape index (κ3) is 2.61. The van der Waals surface area contributed by atoms with Crippen molar-refractivity contribution >= 4 is 0 Å². The highest BCUT2D eigenvalue weighted by Gasteiger charge is 2.28. The fourth-order valence-electron chi connectivity index (χ4n) is 1.86. The Kier molecular flexibility index (Phi) is 4.01. The predicted octanol–water partition coefficient (Wildman–Crippen LogP) is 0.885. The summed E-state index contributed by atoms with van der Waals surface area (Å²) in [6.07, 6.45) is -0.426. The number of ether oxygens (including phenoxy) is 2. The maximum atomic E-state index is 13.6. The van der Waals surface area contributed by atoms with E-state index in [1.54, 1.807) is 0 Å². The molecule has 1 saturated heterocycles. The lowest BCUT2D eigenvalue weighted by atomic mass is 10.0. The van der Waals surface area contributed by atoms with Gasteiger partial charge in [0.15, 0.2) is 11.6 Å². The lowest BCUT2D eigenvalue weighted by Crippen LogP contribution is -2.43. The minimum Gasteiger partial charge on any atom is -0.376 e. The molecule has 1 aliphatic heterocycles. The van der Waals surface area contributed by atoms with Crippen molar-refractivity contribution in [1.29, 1.82) is 0 Å². The predicted molar refractivity (Wildman–Crippen MR) is 57.0 cm³/mol. The second-order valence-electron chi connectivity index (χ2n) is 3.77. The number of nitrogens with one attached hydrogen (secondary N) is 1. The minimum absolute atomic E-state index is 0.142. The Morgan fingerprint density at radius 3 is 2.82 bits per heavy atom. The normalized spacial score (nSPS) is 22.4. The Hall–Kier alpha value is -1.08. The summed E-state index contributed by atoms with van der Waals surface area (Å²) < 4.78 is 37.4. The van der Waals surface area contributed by atoms with E-state index in [0.29, 0.717) is 19.8 Å². The molecule has 1 aliphatic rings. The van der Waals surface area contributed by atoms with Crippen LogP contribution in [0.1, 0.15) is 11.6 Å². The molecule has 0 aromatic heterocycles. The second-order valence-corrected chi connectivity index (χ2v) is 3.77. The molecule has 2 rings (SSSR count). The first-order valence-corrected chi connectivity index (χ1v) is 5.33. The highest BCUT2D eigenvalue weighted by atomic mass is 19.2. The standard InChI is InChI=1S/C11H14F2N2O2/c12-8-3-1-2-7(10(8)13)11(15-14)9-6-16-4-5-17-9/h1-3,9,11,15H,4-6,14H2. The zero-order valence-electron chi connectivity index (χ0n) is 9.16. The Morgan fingerprint density at radius 1 is 1.35 bits per heavy atom. The number of rotatable bonds is 3. The van der Waals surface area contributed by atoms with Gasteiger partial charge in [-0.3, -0.25) is 11.3 Å². The van der Waals surface area contributed by atoms with Gasteiger partial charge in [0.2, 0.25) is 0 Å². The van der Waals surface area contributed by atoms with Crippen molar-refractivity contribution in [2.24, 2.45) is 5.84 Å². The van der Waals surface area contributed by atoms with E-state index in [4.69, 9.17) is 15.3 Å². The van der Waals surface area contributed by atoms with Crippen LogP contribution in [0, 0.1) is 11.6 Å². The molecule has 94 valence electrons. The second kappa shape index (κ2) is 5.50. The highest BCUT2D eigenvalue weighted by molar-refractivity contribution is 5.23. The third-order valence-electron chi connectivity index (χ3n) is 2.71. The number of hydrogen-bond donors (Lipinski definition) is 2. The molecule has 2 unspecified atom stereocenters. The molecule has 1 heterocycles. The van der Waals surface area contributed by atoms with Crippen LogP contribution in [0.15, 0.2) is 18.2 Å². The van der Waals surface area contributed by atoms with Gasteiger partial charge < -0.3 is 9.47 Å². The lowest BCUT2D eigenvalue weighted by Gasteiger charge is -2.30. The van der Waals surface area contributed by atoms with Crippen LogP contribution in [-0.2, 0) is 9.47 Å². The Labute approximate surface area is 97.7 Å². The van der Waals surface area contributed by atoms with E-state index in [1.165, 1.54) is 12.1 Å². The van der Waals surface area contributed by atoms with Gasteiger partial charge in [-0.1, -0.05) is 12.1 Å². The minimum atomic E-state index is -0.912. The Morgan fingerprint density at radius 2 is 2.18 bits per heavy atom. The van der Waals surface area contributed by atoms with Gasteiger partial charge >= 0.3 is 0 Å². The van der Waals surface area contributed by atoms with Crippen LogP contribution in [0.5, 0.6) is 0 Å². The molecule has 0 aliphatic carbocycles. The van der Waals surface area contributed by atoms with Gasteiger partial charge in [0.05, 0.1) is 25.9 Å². The van der Waals surface area contributed by atoms with Crippen LogP contribution >= 0.6 is 0 Å². The molecule has 0 bridgehead atoms. The molecular weight excluding hydrogens is 230 g/mol. The molecule has 1 fully saturated rings. The van der Waals surface area contributed by atoms with Gasteiger partial charge in [-0.2, -0.15) is 0 Å². The van der Waals surface area contributed by atoms with Crippen LogP contribution in [0.4, 0.5) is 8.78 Å². The van der Waals surface area contributed by atoms with Gasteiger partial charge in [-0.25, -0.2) is 8.78 Å². The molecule has 4 nitrogen and oxygen atoms in total. The fraction of sp³-hybridized carbons (Fsp3) is 0.455. The van der Waals surface area contributed by atoms with Crippen LogP contribution in [0.25, 0.3) is 0 Å². The van der Waals surface area contributed by atoms with E-state index in [-0.39, 0.29) is 5.56 Å². The highest BCUT2D eigenvalue weighted by Crippen LogP contribution is 2.24. The Bertz CT molecular complexity index is 384. The SMILES string of the molecule is NNC(c1cccc(F)c1F)C1COCCO1. The largest absolute Gasteiger partial charge is 0.376 e. The zero-order chi connectivity index (χ0) is 12.3. The van der Waals surface area contributed by atoms with Crippen molar-refractivity contribution in [3.63, 3.8) is 0 Å². The number of benzene rings is 1. The van der Waals surface area contributed by atoms with Crippen molar-refractivity contribution in [3.05, 3.63) is 35.4 Å². The number of hydrazine groups is 1. The average molecular weight is 244 g/mol. The van der Waals surface area contributed by atoms with Crippen molar-refractivity contribution in [2.75, 3.05) is 19.8 Å². The third-order valence-corrected chi connectivity index (χ3v) is 2.71. The topological polar surface area (TPSA) is 56.5 Å². The van der Waals surface area contributed by atoms with Crippen LogP contribution in [0.2, 0.25) is 0 Å². The molecule has 3 N–H and O–H groups in total. The monoisotopic (exact) mass is 244 g/mol. The molecule has 0 amide bonds. The molecule has 6 heteroatoms. The van der Waals surface area contributed by atoms with E-state index in [2.05, 4.69) is 5.43 Å². The molecule has 0 saturated carbocycles. The molecule has 2 atom stereocenters. The van der Waals surface area contributed by atoms with Crippen molar-refractivity contribution in [3.8, 4) is 0 Å². The number of nitrogens with two attached hydrogens (primary N) is 1. The molecule has 0 radical (unpaired) electrons. The molecule has 0 spiro atoms. The average Bonchev–Trinajstić information content (AvgIpc) is 2.37. The molecule has 1 aromatic rings. The summed E-state index contributed by atoms with van der Waals surface area (Å²) in [6, 6.07) is 3.33. The first-order valence-electron chi connectivity index (χ1n) is 5.33. The number of hydrogen-bond acceptors (Lipinski definition) is 4. The summed E-state index contributed by atoms with van der Waals surface area (Å²) in [5.74, 6) is 3.56. The van der Waals surface area contributed by atoms with Crippen LogP contribution in [0.3, 0.4) is 0 Å². The Balaban J connectivity index is 2.24. The summed E-state index contributed by atoms with van der Waals surface area (Å²) in [5.41, 5.74) is 2.59. The van der Waals surface area contributed by atoms with E-state index in [9.17, 15) is 8.78 Å². The van der Waals surface area contributed by atoms with Crippen molar-refractivity contribution in [2.45, 2.75) is 12.1 Å². The van der Waals surface area contributed by atoms with Gasteiger partial charge in [0.25, 0.3) is 0 Å². The fourth-order valence-corrected chi connectivity index (χ4v) is 1.86. The van der Waals surface area contributed by atoms with E-state index in [1.807, 2.05) is 0 Å². The van der Waals surface area contributed by atoms with E-state index in [0.717, 1.165) is 6.07 Å². The summed E-state index contributed by atoms with van der Waals surface area (Å²) >= 11 is 0. The lowest BCUT2D eigenvalue weighted by molar-refractivity contribution is -0.103. The van der Waals surface area contributed by atoms with Gasteiger partial charge in [0, 0.05) is 5.56 Å².